The van der Waals surface area contributed by atoms with Gasteiger partial charge in [0.2, 0.25) is 0 Å². The standard InChI is InChI=1S/C14H6BrF8NO2/c15-7-3-6(26-14(21,22)23)4-10(24)11(7)25-12-8(16)1-5(2-9(12)17)13(18,19)20/h1-4H,24H2. The first kappa shape index (κ1) is 20.1. The summed E-state index contributed by atoms with van der Waals surface area (Å²) in [6.45, 7) is 0. The maximum Gasteiger partial charge on any atom is 0.573 e. The highest BCUT2D eigenvalue weighted by Crippen LogP contribution is 2.42. The van der Waals surface area contributed by atoms with Crippen molar-refractivity contribution in [3.63, 3.8) is 0 Å². The van der Waals surface area contributed by atoms with E-state index in [1.54, 1.807) is 0 Å². The Morgan fingerprint density at radius 2 is 1.38 bits per heavy atom. The Morgan fingerprint density at radius 3 is 1.81 bits per heavy atom. The summed E-state index contributed by atoms with van der Waals surface area (Å²) in [4.78, 5) is 0. The molecule has 0 radical (unpaired) electrons. The maximum atomic E-state index is 13.8. The van der Waals surface area contributed by atoms with Crippen LogP contribution in [0.25, 0.3) is 0 Å². The van der Waals surface area contributed by atoms with Crippen LogP contribution in [0.1, 0.15) is 5.56 Å². The highest BCUT2D eigenvalue weighted by Gasteiger charge is 2.34. The Labute approximate surface area is 148 Å². The van der Waals surface area contributed by atoms with Crippen molar-refractivity contribution in [1.29, 1.82) is 0 Å². The van der Waals surface area contributed by atoms with Crippen LogP contribution in [-0.2, 0) is 6.18 Å². The number of hydrogen-bond acceptors (Lipinski definition) is 3. The van der Waals surface area contributed by atoms with Gasteiger partial charge in [-0.3, -0.25) is 0 Å². The van der Waals surface area contributed by atoms with E-state index in [0.29, 0.717) is 6.07 Å². The van der Waals surface area contributed by atoms with Crippen molar-refractivity contribution in [2.75, 3.05) is 5.73 Å². The van der Waals surface area contributed by atoms with E-state index >= 15 is 0 Å². The van der Waals surface area contributed by atoms with Crippen molar-refractivity contribution < 1.29 is 44.6 Å². The fourth-order valence-electron chi connectivity index (χ4n) is 1.81. The molecule has 2 aromatic carbocycles. The maximum absolute atomic E-state index is 13.8. The van der Waals surface area contributed by atoms with Gasteiger partial charge in [0.15, 0.2) is 23.1 Å². The molecule has 0 unspecified atom stereocenters. The van der Waals surface area contributed by atoms with Crippen LogP contribution < -0.4 is 15.2 Å². The van der Waals surface area contributed by atoms with E-state index in [-0.39, 0.29) is 16.6 Å². The molecular weight excluding hydrogens is 446 g/mol. The molecule has 0 aliphatic heterocycles. The second-order valence-corrected chi connectivity index (χ2v) is 5.59. The molecule has 0 atom stereocenters. The fourth-order valence-corrected chi connectivity index (χ4v) is 2.35. The molecule has 2 aromatic rings. The third-order valence-corrected chi connectivity index (χ3v) is 3.40. The normalized spacial score (nSPS) is 12.2. The topological polar surface area (TPSA) is 44.5 Å². The molecule has 0 aliphatic carbocycles. The summed E-state index contributed by atoms with van der Waals surface area (Å²) in [5.74, 6) is -5.84. The molecule has 0 spiro atoms. The van der Waals surface area contributed by atoms with Crippen LogP contribution in [-0.4, -0.2) is 6.36 Å². The lowest BCUT2D eigenvalue weighted by Gasteiger charge is -2.16. The van der Waals surface area contributed by atoms with Crippen molar-refractivity contribution >= 4 is 21.6 Å². The zero-order chi connectivity index (χ0) is 19.9. The largest absolute Gasteiger partial charge is 0.573 e. The van der Waals surface area contributed by atoms with Gasteiger partial charge in [-0.05, 0) is 34.1 Å². The van der Waals surface area contributed by atoms with E-state index in [2.05, 4.69) is 20.7 Å². The first-order valence-electron chi connectivity index (χ1n) is 6.37. The number of rotatable bonds is 3. The van der Waals surface area contributed by atoms with Crippen LogP contribution in [0.4, 0.5) is 40.8 Å². The van der Waals surface area contributed by atoms with Gasteiger partial charge in [-0.25, -0.2) is 8.78 Å². The predicted octanol–water partition coefficient (Wildman–Crippen LogP) is 6.02. The van der Waals surface area contributed by atoms with Gasteiger partial charge in [-0.15, -0.1) is 13.2 Å². The van der Waals surface area contributed by atoms with Crippen molar-refractivity contribution in [3.8, 4) is 17.2 Å². The van der Waals surface area contributed by atoms with Gasteiger partial charge in [0.1, 0.15) is 5.75 Å². The van der Waals surface area contributed by atoms with E-state index in [1.807, 2.05) is 0 Å². The summed E-state index contributed by atoms with van der Waals surface area (Å²) in [5.41, 5.74) is 3.36. The lowest BCUT2D eigenvalue weighted by atomic mass is 10.2. The van der Waals surface area contributed by atoms with Gasteiger partial charge in [0.25, 0.3) is 0 Å². The second-order valence-electron chi connectivity index (χ2n) is 4.74. The van der Waals surface area contributed by atoms with Gasteiger partial charge in [0, 0.05) is 6.07 Å². The highest BCUT2D eigenvalue weighted by atomic mass is 79.9. The third kappa shape index (κ3) is 4.68. The molecule has 142 valence electrons. The van der Waals surface area contributed by atoms with E-state index in [9.17, 15) is 35.1 Å². The molecular formula is C14H6BrF8NO2. The summed E-state index contributed by atoms with van der Waals surface area (Å²) in [7, 11) is 0. The SMILES string of the molecule is Nc1cc(OC(F)(F)F)cc(Br)c1Oc1c(F)cc(C(F)(F)F)cc1F. The third-order valence-electron chi connectivity index (χ3n) is 2.81. The summed E-state index contributed by atoms with van der Waals surface area (Å²) in [6, 6.07) is 1.42. The van der Waals surface area contributed by atoms with Crippen molar-refractivity contribution in [2.24, 2.45) is 0 Å². The van der Waals surface area contributed by atoms with E-state index in [1.165, 1.54) is 0 Å². The van der Waals surface area contributed by atoms with Crippen molar-refractivity contribution in [1.82, 2.24) is 0 Å². The first-order valence-corrected chi connectivity index (χ1v) is 7.16. The van der Waals surface area contributed by atoms with Gasteiger partial charge >= 0.3 is 12.5 Å². The van der Waals surface area contributed by atoms with Crippen LogP contribution in [0, 0.1) is 11.6 Å². The smallest absolute Gasteiger partial charge is 0.448 e. The Bertz CT molecular complexity index is 789. The first-order chi connectivity index (χ1) is 11.8. The number of hydrogen-bond donors (Lipinski definition) is 1. The predicted molar refractivity (Wildman–Crippen MR) is 76.7 cm³/mol. The zero-order valence-electron chi connectivity index (χ0n) is 12.1. The lowest BCUT2D eigenvalue weighted by molar-refractivity contribution is -0.274. The molecule has 0 saturated carbocycles. The molecule has 0 amide bonds. The lowest BCUT2D eigenvalue weighted by Crippen LogP contribution is -2.17. The number of alkyl halides is 6. The number of benzene rings is 2. The average molecular weight is 452 g/mol. The summed E-state index contributed by atoms with van der Waals surface area (Å²) < 4.78 is 110. The monoisotopic (exact) mass is 451 g/mol. The Balaban J connectivity index is 2.40. The number of nitrogens with two attached hydrogens (primary N) is 1. The van der Waals surface area contributed by atoms with Crippen LogP contribution in [0.3, 0.4) is 0 Å². The van der Waals surface area contributed by atoms with E-state index in [0.717, 1.165) is 6.07 Å². The Kier molecular flexibility index (Phi) is 5.26. The average Bonchev–Trinajstić information content (AvgIpc) is 2.41. The minimum Gasteiger partial charge on any atom is -0.448 e. The molecule has 0 aromatic heterocycles. The minimum atomic E-state index is -5.01. The number of nitrogen functional groups attached to an aromatic ring is 1. The summed E-state index contributed by atoms with van der Waals surface area (Å²) in [6.07, 6.45) is -10.0. The van der Waals surface area contributed by atoms with Crippen LogP contribution >= 0.6 is 15.9 Å². The molecule has 2 rings (SSSR count). The Morgan fingerprint density at radius 1 is 0.846 bits per heavy atom. The van der Waals surface area contributed by atoms with Gasteiger partial charge in [0.05, 0.1) is 15.7 Å². The zero-order valence-corrected chi connectivity index (χ0v) is 13.7. The van der Waals surface area contributed by atoms with Gasteiger partial charge < -0.3 is 15.2 Å². The van der Waals surface area contributed by atoms with Gasteiger partial charge in [-0.2, -0.15) is 13.2 Å². The second kappa shape index (κ2) is 6.82. The van der Waals surface area contributed by atoms with Gasteiger partial charge in [-0.1, -0.05) is 0 Å². The molecule has 2 N–H and O–H groups in total. The molecule has 3 nitrogen and oxygen atoms in total. The quantitative estimate of drug-likeness (QED) is 0.458. The highest BCUT2D eigenvalue weighted by molar-refractivity contribution is 9.10. The number of halogens is 9. The molecule has 0 aliphatic rings. The summed E-state index contributed by atoms with van der Waals surface area (Å²) >= 11 is 2.78. The molecule has 0 saturated heterocycles. The van der Waals surface area contributed by atoms with Crippen LogP contribution in [0.2, 0.25) is 0 Å². The molecule has 0 fully saturated rings. The molecule has 0 heterocycles. The Hall–Kier alpha value is -2.24. The minimum absolute atomic E-state index is 0.00361. The number of anilines is 1. The summed E-state index contributed by atoms with van der Waals surface area (Å²) in [5, 5.41) is 0. The number of ether oxygens (including phenoxy) is 2. The molecule has 26 heavy (non-hydrogen) atoms. The van der Waals surface area contributed by atoms with Crippen molar-refractivity contribution in [3.05, 3.63) is 45.9 Å². The van der Waals surface area contributed by atoms with Crippen molar-refractivity contribution in [2.45, 2.75) is 12.5 Å². The fraction of sp³-hybridized carbons (Fsp3) is 0.143. The van der Waals surface area contributed by atoms with Crippen LogP contribution in [0.5, 0.6) is 17.2 Å². The van der Waals surface area contributed by atoms with Crippen LogP contribution in [0.15, 0.2) is 28.7 Å². The molecule has 0 bridgehead atoms. The van der Waals surface area contributed by atoms with E-state index in [4.69, 9.17) is 10.5 Å². The van der Waals surface area contributed by atoms with E-state index < -0.39 is 52.7 Å². The molecule has 12 heteroatoms.